The van der Waals surface area contributed by atoms with Crippen LogP contribution < -0.4 is 14.8 Å². The summed E-state index contributed by atoms with van der Waals surface area (Å²) in [7, 11) is 0. The Kier molecular flexibility index (Phi) is 6.31. The van der Waals surface area contributed by atoms with Crippen molar-refractivity contribution in [3.63, 3.8) is 0 Å². The number of ether oxygens (including phenoxy) is 1. The molecule has 0 aliphatic rings. The third kappa shape index (κ3) is 4.62. The average molecular weight is 520 g/mol. The summed E-state index contributed by atoms with van der Waals surface area (Å²) in [5, 5.41) is 9.37. The van der Waals surface area contributed by atoms with Crippen molar-refractivity contribution in [2.45, 2.75) is 20.3 Å². The lowest BCUT2D eigenvalue weighted by Crippen LogP contribution is -2.23. The first-order valence-electron chi connectivity index (χ1n) is 12.5. The Morgan fingerprint density at radius 2 is 1.66 bits per heavy atom. The lowest BCUT2D eigenvalue weighted by Gasteiger charge is -2.04. The summed E-state index contributed by atoms with van der Waals surface area (Å²) >= 11 is 1.32. The Balaban J connectivity index is 1.40. The second kappa shape index (κ2) is 10.1. The lowest BCUT2D eigenvalue weighted by atomic mass is 10.1. The van der Waals surface area contributed by atoms with E-state index in [0.717, 1.165) is 40.2 Å². The molecule has 0 bridgehead atoms. The average Bonchev–Trinajstić information content (AvgIpc) is 3.64. The summed E-state index contributed by atoms with van der Waals surface area (Å²) in [5.74, 6) is 1.32. The minimum absolute atomic E-state index is 0.200. The van der Waals surface area contributed by atoms with Gasteiger partial charge in [-0.2, -0.15) is 14.6 Å². The summed E-state index contributed by atoms with van der Waals surface area (Å²) in [6.45, 7) is 4.80. The van der Waals surface area contributed by atoms with Gasteiger partial charge in [-0.25, -0.2) is 4.68 Å². The van der Waals surface area contributed by atoms with Gasteiger partial charge < -0.3 is 4.74 Å². The first-order valence-corrected chi connectivity index (χ1v) is 13.3. The van der Waals surface area contributed by atoms with Gasteiger partial charge in [-0.3, -0.25) is 4.79 Å². The zero-order valence-corrected chi connectivity index (χ0v) is 21.9. The number of thiazole rings is 1. The highest BCUT2D eigenvalue weighted by molar-refractivity contribution is 7.15. The Hall–Kier alpha value is -4.56. The highest BCUT2D eigenvalue weighted by Gasteiger charge is 2.15. The molecule has 6 aromatic rings. The molecule has 0 aliphatic carbocycles. The van der Waals surface area contributed by atoms with E-state index in [0.29, 0.717) is 21.9 Å². The Bertz CT molecular complexity index is 1820. The maximum atomic E-state index is 13.3. The van der Waals surface area contributed by atoms with Crippen molar-refractivity contribution in [3.05, 3.63) is 111 Å². The third-order valence-corrected chi connectivity index (χ3v) is 7.10. The van der Waals surface area contributed by atoms with Gasteiger partial charge in [-0.05, 0) is 55.8 Å². The van der Waals surface area contributed by atoms with Gasteiger partial charge in [0.25, 0.3) is 5.56 Å². The molecule has 3 aromatic heterocycles. The molecular weight excluding hydrogens is 494 g/mol. The molecule has 0 radical (unpaired) electrons. The number of fused-ring (bicyclic) bond motifs is 1. The quantitative estimate of drug-likeness (QED) is 0.286. The second-order valence-electron chi connectivity index (χ2n) is 9.00. The van der Waals surface area contributed by atoms with Crippen molar-refractivity contribution < 1.29 is 4.74 Å². The second-order valence-corrected chi connectivity index (χ2v) is 10.0. The molecule has 0 saturated carbocycles. The lowest BCUT2D eigenvalue weighted by molar-refractivity contribution is 0.317. The number of hydrogen-bond donors (Lipinski definition) is 0. The summed E-state index contributed by atoms with van der Waals surface area (Å²) in [4.78, 5) is 18.5. The van der Waals surface area contributed by atoms with Crippen molar-refractivity contribution in [1.29, 1.82) is 0 Å². The van der Waals surface area contributed by atoms with Crippen molar-refractivity contribution in [1.82, 2.24) is 24.4 Å². The van der Waals surface area contributed by atoms with Crippen LogP contribution in [0.2, 0.25) is 0 Å². The van der Waals surface area contributed by atoms with E-state index < -0.39 is 0 Å². The number of benzene rings is 3. The van der Waals surface area contributed by atoms with Gasteiger partial charge in [-0.1, -0.05) is 66.3 Å². The molecule has 7 nitrogen and oxygen atoms in total. The molecule has 0 N–H and O–H groups in total. The molecule has 0 aliphatic heterocycles. The highest BCUT2D eigenvalue weighted by Crippen LogP contribution is 2.25. The first-order chi connectivity index (χ1) is 18.6. The van der Waals surface area contributed by atoms with Gasteiger partial charge in [0.2, 0.25) is 4.96 Å². The van der Waals surface area contributed by atoms with Gasteiger partial charge in [0.1, 0.15) is 5.75 Å². The fraction of sp³-hybridized carbons (Fsp3) is 0.133. The van der Waals surface area contributed by atoms with E-state index in [1.807, 2.05) is 71.6 Å². The topological polar surface area (TPSA) is 74.3 Å². The van der Waals surface area contributed by atoms with Crippen LogP contribution in [-0.2, 0) is 0 Å². The van der Waals surface area contributed by atoms with Gasteiger partial charge in [0.05, 0.1) is 22.5 Å². The fourth-order valence-electron chi connectivity index (χ4n) is 4.16. The molecule has 188 valence electrons. The molecule has 6 rings (SSSR count). The van der Waals surface area contributed by atoms with Gasteiger partial charge in [0.15, 0.2) is 5.82 Å². The van der Waals surface area contributed by atoms with E-state index in [-0.39, 0.29) is 5.56 Å². The number of rotatable bonds is 7. The van der Waals surface area contributed by atoms with E-state index in [9.17, 15) is 4.79 Å². The smallest absolute Gasteiger partial charge is 0.291 e. The number of nitrogens with zero attached hydrogens (tertiary/aromatic N) is 5. The minimum Gasteiger partial charge on any atom is -0.494 e. The summed E-state index contributed by atoms with van der Waals surface area (Å²) in [6.07, 6.45) is 4.78. The predicted octanol–water partition coefficient (Wildman–Crippen LogP) is 5.32. The molecule has 0 fully saturated rings. The summed E-state index contributed by atoms with van der Waals surface area (Å²) in [6, 6.07) is 25.8. The monoisotopic (exact) mass is 519 g/mol. The van der Waals surface area contributed by atoms with Gasteiger partial charge in [0, 0.05) is 22.9 Å². The van der Waals surface area contributed by atoms with E-state index >= 15 is 0 Å². The van der Waals surface area contributed by atoms with Crippen LogP contribution in [0.1, 0.15) is 24.5 Å². The van der Waals surface area contributed by atoms with Gasteiger partial charge >= 0.3 is 0 Å². The SMILES string of the molecule is CCCOc1ccc(-c2nc3s/c(=C\c4cn(-c5ccccc5)nc4-c4ccc(C)cc4)c(=O)n3n2)cc1. The fourth-order valence-corrected chi connectivity index (χ4v) is 5.06. The largest absolute Gasteiger partial charge is 0.494 e. The van der Waals surface area contributed by atoms with Crippen molar-refractivity contribution in [2.24, 2.45) is 0 Å². The standard InChI is InChI=1S/C30H25N5O2S/c1-3-17-37-25-15-13-22(14-16-25)28-31-30-35(33-28)29(36)26(38-30)18-23-19-34(24-7-5-4-6-8-24)32-27(23)21-11-9-20(2)10-12-21/h4-16,18-19H,3,17H2,1-2H3/b26-18-. The molecule has 0 saturated heterocycles. The van der Waals surface area contributed by atoms with Crippen LogP contribution in [0, 0.1) is 6.92 Å². The molecule has 3 aromatic carbocycles. The van der Waals surface area contributed by atoms with E-state index in [1.165, 1.54) is 21.4 Å². The summed E-state index contributed by atoms with van der Waals surface area (Å²) < 4.78 is 9.42. The van der Waals surface area contributed by atoms with Crippen molar-refractivity contribution >= 4 is 22.4 Å². The Morgan fingerprint density at radius 1 is 0.921 bits per heavy atom. The number of aryl methyl sites for hydroxylation is 1. The van der Waals surface area contributed by atoms with Crippen LogP contribution in [0.15, 0.2) is 89.9 Å². The van der Waals surface area contributed by atoms with Crippen LogP contribution in [0.4, 0.5) is 0 Å². The third-order valence-electron chi connectivity index (χ3n) is 6.14. The van der Waals surface area contributed by atoms with E-state index in [2.05, 4.69) is 48.2 Å². The van der Waals surface area contributed by atoms with E-state index in [4.69, 9.17) is 9.84 Å². The van der Waals surface area contributed by atoms with Crippen LogP contribution in [0.5, 0.6) is 5.75 Å². The highest BCUT2D eigenvalue weighted by atomic mass is 32.1. The number of hydrogen-bond acceptors (Lipinski definition) is 6. The maximum Gasteiger partial charge on any atom is 0.291 e. The molecule has 3 heterocycles. The van der Waals surface area contributed by atoms with Gasteiger partial charge in [-0.15, -0.1) is 5.10 Å². The van der Waals surface area contributed by atoms with Crippen LogP contribution in [0.3, 0.4) is 0 Å². The minimum atomic E-state index is -0.200. The molecular formula is C30H25N5O2S. The van der Waals surface area contributed by atoms with E-state index in [1.54, 1.807) is 0 Å². The molecule has 0 spiro atoms. The van der Waals surface area contributed by atoms with Crippen LogP contribution in [-0.4, -0.2) is 31.0 Å². The maximum absolute atomic E-state index is 13.3. The van der Waals surface area contributed by atoms with Crippen molar-refractivity contribution in [3.8, 4) is 34.1 Å². The molecule has 8 heteroatoms. The van der Waals surface area contributed by atoms with Crippen LogP contribution in [0.25, 0.3) is 39.4 Å². The zero-order chi connectivity index (χ0) is 26.1. The number of aromatic nitrogens is 5. The normalized spacial score (nSPS) is 11.9. The number of para-hydroxylation sites is 1. The molecule has 38 heavy (non-hydrogen) atoms. The Labute approximate surface area is 223 Å². The molecule has 0 atom stereocenters. The molecule has 0 amide bonds. The first kappa shape index (κ1) is 23.8. The Morgan fingerprint density at radius 3 is 2.37 bits per heavy atom. The summed E-state index contributed by atoms with van der Waals surface area (Å²) in [5.41, 5.74) is 5.39. The van der Waals surface area contributed by atoms with Crippen molar-refractivity contribution in [2.75, 3.05) is 6.61 Å². The zero-order valence-electron chi connectivity index (χ0n) is 21.0. The van der Waals surface area contributed by atoms with Crippen LogP contribution >= 0.6 is 11.3 Å². The molecule has 0 unspecified atom stereocenters. The predicted molar refractivity (Wildman–Crippen MR) is 151 cm³/mol.